The van der Waals surface area contributed by atoms with Gasteiger partial charge in [0.1, 0.15) is 0 Å². The van der Waals surface area contributed by atoms with E-state index in [0.29, 0.717) is 5.92 Å². The number of carbonyl (C=O) groups is 1. The summed E-state index contributed by atoms with van der Waals surface area (Å²) in [5.74, 6) is 0.697. The van der Waals surface area contributed by atoms with Gasteiger partial charge in [-0.1, -0.05) is 57.0 Å². The highest BCUT2D eigenvalue weighted by atomic mass is 16.1. The van der Waals surface area contributed by atoms with Crippen LogP contribution in [0.3, 0.4) is 0 Å². The van der Waals surface area contributed by atoms with Gasteiger partial charge in [-0.05, 0) is 86.5 Å². The van der Waals surface area contributed by atoms with E-state index in [0.717, 1.165) is 12.2 Å². The molecule has 3 aromatic rings. The van der Waals surface area contributed by atoms with Crippen molar-refractivity contribution in [2.45, 2.75) is 64.8 Å². The molecule has 0 aliphatic carbocycles. The standard InChI is InChI=1S/C29H39N3O/c1-23(2)29(33)30-27-12-9-11-26(22-27)24-14-19-31(20-15-24)17-7-3-4-8-18-32-21-16-25-10-5-6-13-28(25)32/h5-6,9-13,16,21-24H,3-4,7-8,14-15,17-20H2,1-2H3,(H,30,33). The normalized spacial score (nSPS) is 15.4. The summed E-state index contributed by atoms with van der Waals surface area (Å²) in [7, 11) is 0. The Balaban J connectivity index is 1.13. The number of carbonyl (C=O) groups excluding carboxylic acids is 1. The van der Waals surface area contributed by atoms with Gasteiger partial charge in [0.15, 0.2) is 0 Å². The van der Waals surface area contributed by atoms with E-state index in [9.17, 15) is 4.79 Å². The number of fused-ring (bicyclic) bond motifs is 1. The molecule has 33 heavy (non-hydrogen) atoms. The lowest BCUT2D eigenvalue weighted by molar-refractivity contribution is -0.118. The van der Waals surface area contributed by atoms with Crippen molar-refractivity contribution in [1.29, 1.82) is 0 Å². The van der Waals surface area contributed by atoms with Gasteiger partial charge in [-0.15, -0.1) is 0 Å². The summed E-state index contributed by atoms with van der Waals surface area (Å²) in [5.41, 5.74) is 3.66. The van der Waals surface area contributed by atoms with E-state index < -0.39 is 0 Å². The lowest BCUT2D eigenvalue weighted by Gasteiger charge is -2.32. The van der Waals surface area contributed by atoms with Crippen molar-refractivity contribution in [1.82, 2.24) is 9.47 Å². The first-order valence-corrected chi connectivity index (χ1v) is 12.8. The molecule has 2 aromatic carbocycles. The predicted molar refractivity (Wildman–Crippen MR) is 139 cm³/mol. The highest BCUT2D eigenvalue weighted by molar-refractivity contribution is 5.92. The first kappa shape index (κ1) is 23.6. The van der Waals surface area contributed by atoms with Gasteiger partial charge in [-0.3, -0.25) is 4.79 Å². The van der Waals surface area contributed by atoms with E-state index in [4.69, 9.17) is 0 Å². The van der Waals surface area contributed by atoms with Crippen molar-refractivity contribution in [3.63, 3.8) is 0 Å². The van der Waals surface area contributed by atoms with Crippen LogP contribution in [0.5, 0.6) is 0 Å². The maximum Gasteiger partial charge on any atom is 0.226 e. The Labute approximate surface area is 199 Å². The molecule has 4 rings (SSSR count). The molecule has 0 unspecified atom stereocenters. The summed E-state index contributed by atoms with van der Waals surface area (Å²) in [6.07, 6.45) is 9.82. The summed E-state index contributed by atoms with van der Waals surface area (Å²) in [6, 6.07) is 19.3. The SMILES string of the molecule is CC(C)C(=O)Nc1cccc(C2CCN(CCCCCCn3ccc4ccccc43)CC2)c1. The second-order valence-corrected chi connectivity index (χ2v) is 9.87. The summed E-state index contributed by atoms with van der Waals surface area (Å²) in [5, 5.41) is 4.38. The lowest BCUT2D eigenvalue weighted by atomic mass is 9.89. The number of para-hydroxylation sites is 1. The molecule has 0 atom stereocenters. The maximum atomic E-state index is 12.0. The first-order valence-electron chi connectivity index (χ1n) is 12.8. The highest BCUT2D eigenvalue weighted by Gasteiger charge is 2.20. The number of hydrogen-bond donors (Lipinski definition) is 1. The van der Waals surface area contributed by atoms with Crippen LogP contribution in [0.4, 0.5) is 5.69 Å². The molecule has 2 heterocycles. The number of amides is 1. The smallest absolute Gasteiger partial charge is 0.226 e. The number of piperidine rings is 1. The van der Waals surface area contributed by atoms with Crippen LogP contribution in [0.15, 0.2) is 60.8 Å². The zero-order chi connectivity index (χ0) is 23.0. The number of anilines is 1. The third-order valence-electron chi connectivity index (χ3n) is 7.04. The van der Waals surface area contributed by atoms with E-state index in [1.807, 2.05) is 19.9 Å². The molecular formula is C29H39N3O. The van der Waals surface area contributed by atoms with Gasteiger partial charge in [0.2, 0.25) is 5.91 Å². The summed E-state index contributed by atoms with van der Waals surface area (Å²) < 4.78 is 2.39. The third kappa shape index (κ3) is 6.48. The van der Waals surface area contributed by atoms with Crippen LogP contribution < -0.4 is 5.32 Å². The summed E-state index contributed by atoms with van der Waals surface area (Å²) in [6.45, 7) is 8.57. The maximum absolute atomic E-state index is 12.0. The zero-order valence-electron chi connectivity index (χ0n) is 20.3. The second kappa shape index (κ2) is 11.5. The van der Waals surface area contributed by atoms with Crippen molar-refractivity contribution in [3.05, 3.63) is 66.4 Å². The van der Waals surface area contributed by atoms with Crippen LogP contribution in [-0.2, 0) is 11.3 Å². The third-order valence-corrected chi connectivity index (χ3v) is 7.04. The fraction of sp³-hybridized carbons (Fsp3) is 0.483. The Bertz CT molecular complexity index is 1030. The van der Waals surface area contributed by atoms with Gasteiger partial charge in [-0.25, -0.2) is 0 Å². The van der Waals surface area contributed by atoms with Crippen molar-refractivity contribution >= 4 is 22.5 Å². The van der Waals surface area contributed by atoms with Crippen LogP contribution in [-0.4, -0.2) is 35.0 Å². The number of benzene rings is 2. The van der Waals surface area contributed by atoms with Crippen LogP contribution in [0.1, 0.15) is 63.9 Å². The number of aromatic nitrogens is 1. The Hall–Kier alpha value is -2.59. The molecule has 1 aromatic heterocycles. The monoisotopic (exact) mass is 445 g/mol. The van der Waals surface area contributed by atoms with Gasteiger partial charge in [0, 0.05) is 29.9 Å². The van der Waals surface area contributed by atoms with Crippen LogP contribution in [0.2, 0.25) is 0 Å². The average molecular weight is 446 g/mol. The van der Waals surface area contributed by atoms with Gasteiger partial charge in [-0.2, -0.15) is 0 Å². The fourth-order valence-corrected chi connectivity index (χ4v) is 4.95. The van der Waals surface area contributed by atoms with E-state index in [-0.39, 0.29) is 11.8 Å². The summed E-state index contributed by atoms with van der Waals surface area (Å²) in [4.78, 5) is 14.6. The minimum Gasteiger partial charge on any atom is -0.347 e. The number of nitrogens with zero attached hydrogens (tertiary/aromatic N) is 2. The fourth-order valence-electron chi connectivity index (χ4n) is 4.95. The molecule has 1 aliphatic heterocycles. The Morgan fingerprint density at radius 2 is 1.70 bits per heavy atom. The van der Waals surface area contributed by atoms with E-state index in [1.54, 1.807) is 0 Å². The summed E-state index contributed by atoms with van der Waals surface area (Å²) >= 11 is 0. The topological polar surface area (TPSA) is 37.3 Å². The molecule has 176 valence electrons. The molecule has 4 heteroatoms. The van der Waals surface area contributed by atoms with E-state index in [2.05, 4.69) is 69.5 Å². The highest BCUT2D eigenvalue weighted by Crippen LogP contribution is 2.30. The van der Waals surface area contributed by atoms with Gasteiger partial charge in [0.25, 0.3) is 0 Å². The minimum absolute atomic E-state index is 0.00525. The van der Waals surface area contributed by atoms with Crippen LogP contribution >= 0.6 is 0 Å². The quantitative estimate of drug-likeness (QED) is 0.354. The molecule has 4 nitrogen and oxygen atoms in total. The molecule has 1 amide bonds. The number of rotatable bonds is 10. The molecule has 1 aliphatic rings. The number of hydrogen-bond acceptors (Lipinski definition) is 2. The zero-order valence-corrected chi connectivity index (χ0v) is 20.3. The predicted octanol–water partition coefficient (Wildman–Crippen LogP) is 6.68. The van der Waals surface area contributed by atoms with Crippen molar-refractivity contribution in [2.75, 3.05) is 25.0 Å². The number of nitrogens with one attached hydrogen (secondary N) is 1. The number of likely N-dealkylation sites (tertiary alicyclic amines) is 1. The van der Waals surface area contributed by atoms with Gasteiger partial charge in [0.05, 0.1) is 0 Å². The second-order valence-electron chi connectivity index (χ2n) is 9.87. The largest absolute Gasteiger partial charge is 0.347 e. The molecule has 0 bridgehead atoms. The minimum atomic E-state index is 0.00525. The molecule has 1 fully saturated rings. The van der Waals surface area contributed by atoms with E-state index in [1.165, 1.54) is 74.6 Å². The Morgan fingerprint density at radius 1 is 0.939 bits per heavy atom. The van der Waals surface area contributed by atoms with Gasteiger partial charge >= 0.3 is 0 Å². The molecule has 0 radical (unpaired) electrons. The van der Waals surface area contributed by atoms with Crippen molar-refractivity contribution in [3.8, 4) is 0 Å². The van der Waals surface area contributed by atoms with E-state index >= 15 is 0 Å². The molecule has 0 spiro atoms. The number of aryl methyl sites for hydroxylation is 1. The van der Waals surface area contributed by atoms with Crippen molar-refractivity contribution < 1.29 is 4.79 Å². The molecule has 1 N–H and O–H groups in total. The Morgan fingerprint density at radius 3 is 2.48 bits per heavy atom. The van der Waals surface area contributed by atoms with Crippen molar-refractivity contribution in [2.24, 2.45) is 5.92 Å². The Kier molecular flexibility index (Phi) is 8.22. The first-order chi connectivity index (χ1) is 16.1. The molecular weight excluding hydrogens is 406 g/mol. The van der Waals surface area contributed by atoms with Crippen LogP contribution in [0, 0.1) is 5.92 Å². The molecule has 1 saturated heterocycles. The lowest BCUT2D eigenvalue weighted by Crippen LogP contribution is -2.33. The van der Waals surface area contributed by atoms with Crippen LogP contribution in [0.25, 0.3) is 10.9 Å². The van der Waals surface area contributed by atoms with Gasteiger partial charge < -0.3 is 14.8 Å². The number of unbranched alkanes of at least 4 members (excludes halogenated alkanes) is 3. The molecule has 0 saturated carbocycles. The average Bonchev–Trinajstić information content (AvgIpc) is 3.25.